The lowest BCUT2D eigenvalue weighted by Gasteiger charge is -2.24. The lowest BCUT2D eigenvalue weighted by Crippen LogP contribution is -2.39. The molecule has 1 aliphatic heterocycles. The van der Waals surface area contributed by atoms with E-state index >= 15 is 0 Å². The summed E-state index contributed by atoms with van der Waals surface area (Å²) in [6.07, 6.45) is 2.18. The fraction of sp³-hybridized carbons (Fsp3) is 0.350. The first kappa shape index (κ1) is 20.0. The van der Waals surface area contributed by atoms with Crippen molar-refractivity contribution in [1.82, 2.24) is 4.90 Å². The molecule has 8 heteroatoms. The van der Waals surface area contributed by atoms with Gasteiger partial charge in [-0.25, -0.2) is 8.42 Å². The zero-order valence-electron chi connectivity index (χ0n) is 15.4. The SMILES string of the molecule is O=C(CCc1ccc([N+](=O)[O-])cc1)N1CCCC1CS(=O)(=O)c1ccccc1. The van der Waals surface area contributed by atoms with Crippen molar-refractivity contribution in [2.24, 2.45) is 0 Å². The minimum atomic E-state index is -3.45. The van der Waals surface area contributed by atoms with Gasteiger partial charge in [0.2, 0.25) is 5.91 Å². The first-order chi connectivity index (χ1) is 13.4. The smallest absolute Gasteiger partial charge is 0.269 e. The summed E-state index contributed by atoms with van der Waals surface area (Å²) in [6.45, 7) is 0.564. The predicted octanol–water partition coefficient (Wildman–Crippen LogP) is 2.99. The summed E-state index contributed by atoms with van der Waals surface area (Å²) in [7, 11) is -3.45. The summed E-state index contributed by atoms with van der Waals surface area (Å²) in [4.78, 5) is 24.8. The van der Waals surface area contributed by atoms with Gasteiger partial charge >= 0.3 is 0 Å². The van der Waals surface area contributed by atoms with Crippen LogP contribution < -0.4 is 0 Å². The van der Waals surface area contributed by atoms with Crippen LogP contribution in [-0.2, 0) is 21.1 Å². The van der Waals surface area contributed by atoms with Crippen LogP contribution in [0.3, 0.4) is 0 Å². The third-order valence-corrected chi connectivity index (χ3v) is 6.80. The predicted molar refractivity (Wildman–Crippen MR) is 105 cm³/mol. The van der Waals surface area contributed by atoms with Gasteiger partial charge in [-0.2, -0.15) is 0 Å². The molecule has 0 bridgehead atoms. The molecular weight excluding hydrogens is 380 g/mol. The maximum Gasteiger partial charge on any atom is 0.269 e. The molecule has 1 heterocycles. The average Bonchev–Trinajstić information content (AvgIpc) is 3.14. The molecule has 0 aliphatic carbocycles. The third-order valence-electron chi connectivity index (χ3n) is 4.99. The van der Waals surface area contributed by atoms with Gasteiger partial charge in [0.25, 0.3) is 5.69 Å². The number of carbonyl (C=O) groups is 1. The number of aryl methyl sites for hydroxylation is 1. The van der Waals surface area contributed by atoms with Crippen molar-refractivity contribution < 1.29 is 18.1 Å². The summed E-state index contributed by atoms with van der Waals surface area (Å²) in [5.74, 6) is -0.149. The quantitative estimate of drug-likeness (QED) is 0.524. The Kier molecular flexibility index (Phi) is 6.08. The van der Waals surface area contributed by atoms with Crippen LogP contribution in [0, 0.1) is 10.1 Å². The van der Waals surface area contributed by atoms with Gasteiger partial charge in [-0.1, -0.05) is 30.3 Å². The Morgan fingerprint density at radius 2 is 1.79 bits per heavy atom. The molecule has 7 nitrogen and oxygen atoms in total. The Labute approximate surface area is 164 Å². The molecule has 28 heavy (non-hydrogen) atoms. The van der Waals surface area contributed by atoms with Crippen molar-refractivity contribution >= 4 is 21.4 Å². The van der Waals surface area contributed by atoms with Gasteiger partial charge in [-0.15, -0.1) is 0 Å². The molecule has 0 N–H and O–H groups in total. The molecule has 0 aromatic heterocycles. The lowest BCUT2D eigenvalue weighted by atomic mass is 10.1. The maximum absolute atomic E-state index is 12.6. The summed E-state index contributed by atoms with van der Waals surface area (Å²) in [6, 6.07) is 14.1. The summed E-state index contributed by atoms with van der Waals surface area (Å²) < 4.78 is 25.3. The molecule has 0 saturated carbocycles. The molecule has 2 aromatic carbocycles. The number of nitro groups is 1. The third kappa shape index (κ3) is 4.75. The molecule has 1 fully saturated rings. The van der Waals surface area contributed by atoms with Gasteiger partial charge in [-0.05, 0) is 37.0 Å². The van der Waals surface area contributed by atoms with Crippen LogP contribution in [0.4, 0.5) is 5.69 Å². The second kappa shape index (κ2) is 8.52. The number of hydrogen-bond donors (Lipinski definition) is 0. The van der Waals surface area contributed by atoms with Crippen molar-refractivity contribution in [3.63, 3.8) is 0 Å². The van der Waals surface area contributed by atoms with Crippen molar-refractivity contribution in [2.75, 3.05) is 12.3 Å². The van der Waals surface area contributed by atoms with Crippen LogP contribution in [0.15, 0.2) is 59.5 Å². The molecule has 1 aliphatic rings. The molecule has 3 rings (SSSR count). The van der Waals surface area contributed by atoms with Crippen LogP contribution >= 0.6 is 0 Å². The minimum absolute atomic E-state index is 0.0146. The normalized spacial score (nSPS) is 16.9. The molecule has 148 valence electrons. The van der Waals surface area contributed by atoms with Gasteiger partial charge in [0.1, 0.15) is 0 Å². The van der Waals surface area contributed by atoms with Crippen LogP contribution in [-0.4, -0.2) is 42.5 Å². The molecular formula is C20H22N2O5S. The van der Waals surface area contributed by atoms with E-state index in [4.69, 9.17) is 0 Å². The summed E-state index contributed by atoms with van der Waals surface area (Å²) in [5.41, 5.74) is 0.854. The molecule has 0 radical (unpaired) electrons. The van der Waals surface area contributed by atoms with Crippen LogP contribution in [0.25, 0.3) is 0 Å². The Morgan fingerprint density at radius 3 is 2.43 bits per heavy atom. The minimum Gasteiger partial charge on any atom is -0.339 e. The van der Waals surface area contributed by atoms with Gasteiger partial charge in [0.15, 0.2) is 9.84 Å². The molecule has 1 saturated heterocycles. The van der Waals surface area contributed by atoms with E-state index in [9.17, 15) is 23.3 Å². The van der Waals surface area contributed by atoms with Gasteiger partial charge in [0, 0.05) is 31.1 Å². The Morgan fingerprint density at radius 1 is 1.11 bits per heavy atom. The standard InChI is InChI=1S/C20H22N2O5S/c23-20(13-10-16-8-11-17(12-9-16)22(24)25)21-14-4-5-18(21)15-28(26,27)19-6-2-1-3-7-19/h1-3,6-9,11-12,18H,4-5,10,13-15H2. The fourth-order valence-corrected chi connectivity index (χ4v) is 5.11. The second-order valence-corrected chi connectivity index (χ2v) is 8.94. The molecule has 0 spiro atoms. The first-order valence-corrected chi connectivity index (χ1v) is 10.8. The van der Waals surface area contributed by atoms with E-state index in [1.54, 1.807) is 47.4 Å². The zero-order chi connectivity index (χ0) is 20.1. The lowest BCUT2D eigenvalue weighted by molar-refractivity contribution is -0.384. The van der Waals surface area contributed by atoms with Crippen molar-refractivity contribution in [2.45, 2.75) is 36.6 Å². The van der Waals surface area contributed by atoms with Gasteiger partial charge in [-0.3, -0.25) is 14.9 Å². The Hall–Kier alpha value is -2.74. The first-order valence-electron chi connectivity index (χ1n) is 9.17. The Bertz CT molecular complexity index is 942. The fourth-order valence-electron chi connectivity index (χ4n) is 3.49. The monoisotopic (exact) mass is 402 g/mol. The highest BCUT2D eigenvalue weighted by Crippen LogP contribution is 2.23. The number of nitro benzene ring substituents is 1. The van der Waals surface area contributed by atoms with Crippen LogP contribution in [0.2, 0.25) is 0 Å². The number of likely N-dealkylation sites (tertiary alicyclic amines) is 1. The molecule has 1 unspecified atom stereocenters. The molecule has 1 amide bonds. The largest absolute Gasteiger partial charge is 0.339 e. The van der Waals surface area contributed by atoms with Gasteiger partial charge < -0.3 is 4.90 Å². The number of carbonyl (C=O) groups excluding carboxylic acids is 1. The highest BCUT2D eigenvalue weighted by molar-refractivity contribution is 7.91. The zero-order valence-corrected chi connectivity index (χ0v) is 16.2. The highest BCUT2D eigenvalue weighted by atomic mass is 32.2. The number of amides is 1. The number of non-ortho nitro benzene ring substituents is 1. The van der Waals surface area contributed by atoms with E-state index in [-0.39, 0.29) is 34.7 Å². The maximum atomic E-state index is 12.6. The van der Waals surface area contributed by atoms with Gasteiger partial charge in [0.05, 0.1) is 15.6 Å². The van der Waals surface area contributed by atoms with E-state index in [0.717, 1.165) is 12.0 Å². The summed E-state index contributed by atoms with van der Waals surface area (Å²) in [5, 5.41) is 10.7. The number of rotatable bonds is 7. The highest BCUT2D eigenvalue weighted by Gasteiger charge is 2.32. The Balaban J connectivity index is 1.60. The van der Waals surface area contributed by atoms with E-state index in [1.807, 2.05) is 0 Å². The van der Waals surface area contributed by atoms with Crippen molar-refractivity contribution in [1.29, 1.82) is 0 Å². The van der Waals surface area contributed by atoms with E-state index < -0.39 is 14.8 Å². The van der Waals surface area contributed by atoms with Crippen molar-refractivity contribution in [3.8, 4) is 0 Å². The van der Waals surface area contributed by atoms with E-state index in [2.05, 4.69) is 0 Å². The van der Waals surface area contributed by atoms with Crippen LogP contribution in [0.1, 0.15) is 24.8 Å². The number of nitrogens with zero attached hydrogens (tertiary/aromatic N) is 2. The van der Waals surface area contributed by atoms with E-state index in [0.29, 0.717) is 19.4 Å². The molecule has 2 aromatic rings. The second-order valence-electron chi connectivity index (χ2n) is 6.90. The summed E-state index contributed by atoms with van der Waals surface area (Å²) >= 11 is 0. The number of benzene rings is 2. The number of hydrogen-bond acceptors (Lipinski definition) is 5. The van der Waals surface area contributed by atoms with Crippen molar-refractivity contribution in [3.05, 3.63) is 70.3 Å². The molecule has 1 atom stereocenters. The number of sulfone groups is 1. The topological polar surface area (TPSA) is 97.6 Å². The van der Waals surface area contributed by atoms with Crippen LogP contribution in [0.5, 0.6) is 0 Å². The average molecular weight is 402 g/mol. The van der Waals surface area contributed by atoms with E-state index in [1.165, 1.54) is 12.1 Å².